The molecule has 0 saturated heterocycles. The number of aryl methyl sites for hydroxylation is 1. The smallest absolute Gasteiger partial charge is 0.196 e. The molecule has 1 aromatic heterocycles. The number of nitrogens with zero attached hydrogens (tertiary/aromatic N) is 3. The largest absolute Gasteiger partial charge is 0.270 e. The Morgan fingerprint density at radius 1 is 0.966 bits per heavy atom. The highest BCUT2D eigenvalue weighted by molar-refractivity contribution is 7.98. The maximum absolute atomic E-state index is 14.0. The molecule has 0 N–H and O–H groups in total. The van der Waals surface area contributed by atoms with Crippen LogP contribution in [0.5, 0.6) is 0 Å². The molecule has 0 amide bonds. The van der Waals surface area contributed by atoms with E-state index in [2.05, 4.69) is 10.2 Å². The number of benzene rings is 3. The second-order valence-electron chi connectivity index (χ2n) is 6.48. The first-order valence-corrected chi connectivity index (χ1v) is 10.2. The predicted octanol–water partition coefficient (Wildman–Crippen LogP) is 6.47. The van der Waals surface area contributed by atoms with E-state index in [0.29, 0.717) is 16.0 Å². The molecule has 0 aliphatic rings. The molecule has 4 rings (SSSR count). The molecule has 0 aliphatic heterocycles. The molecule has 4 aromatic rings. The molecule has 3 aromatic carbocycles. The van der Waals surface area contributed by atoms with Gasteiger partial charge in [0.05, 0.1) is 5.02 Å². The van der Waals surface area contributed by atoms with Crippen LogP contribution >= 0.6 is 23.4 Å². The van der Waals surface area contributed by atoms with Gasteiger partial charge in [-0.1, -0.05) is 53.2 Å². The van der Waals surface area contributed by atoms with Crippen LogP contribution in [-0.2, 0) is 5.75 Å². The van der Waals surface area contributed by atoms with Gasteiger partial charge in [0.1, 0.15) is 11.6 Å². The van der Waals surface area contributed by atoms with Crippen LogP contribution in [-0.4, -0.2) is 14.8 Å². The minimum atomic E-state index is -0.473. The maximum atomic E-state index is 14.0. The lowest BCUT2D eigenvalue weighted by Crippen LogP contribution is -2.00. The zero-order valence-electron chi connectivity index (χ0n) is 15.4. The molecule has 0 radical (unpaired) electrons. The van der Waals surface area contributed by atoms with Crippen LogP contribution in [0.15, 0.2) is 71.9 Å². The third-order valence-electron chi connectivity index (χ3n) is 4.40. The van der Waals surface area contributed by atoms with Gasteiger partial charge in [0, 0.05) is 22.6 Å². The van der Waals surface area contributed by atoms with Gasteiger partial charge in [-0.15, -0.1) is 10.2 Å². The van der Waals surface area contributed by atoms with Gasteiger partial charge in [0.2, 0.25) is 0 Å². The quantitative estimate of drug-likeness (QED) is 0.342. The van der Waals surface area contributed by atoms with Gasteiger partial charge in [0.15, 0.2) is 11.0 Å². The van der Waals surface area contributed by atoms with Gasteiger partial charge in [-0.3, -0.25) is 4.57 Å². The molecule has 0 spiro atoms. The number of hydrogen-bond acceptors (Lipinski definition) is 3. The van der Waals surface area contributed by atoms with Crippen molar-refractivity contribution in [2.24, 2.45) is 0 Å². The van der Waals surface area contributed by atoms with Gasteiger partial charge >= 0.3 is 0 Å². The molecule has 0 atom stereocenters. The number of hydrogen-bond donors (Lipinski definition) is 0. The summed E-state index contributed by atoms with van der Waals surface area (Å²) in [6, 6.07) is 18.7. The van der Waals surface area contributed by atoms with Crippen molar-refractivity contribution in [1.82, 2.24) is 14.8 Å². The second kappa shape index (κ2) is 8.35. The van der Waals surface area contributed by atoms with Crippen LogP contribution in [0.3, 0.4) is 0 Å². The first-order chi connectivity index (χ1) is 14.0. The summed E-state index contributed by atoms with van der Waals surface area (Å²) >= 11 is 7.67. The van der Waals surface area contributed by atoms with E-state index >= 15 is 0 Å². The first-order valence-electron chi connectivity index (χ1n) is 8.87. The minimum Gasteiger partial charge on any atom is -0.270 e. The highest BCUT2D eigenvalue weighted by Crippen LogP contribution is 2.33. The van der Waals surface area contributed by atoms with E-state index in [-0.39, 0.29) is 11.3 Å². The van der Waals surface area contributed by atoms with Crippen molar-refractivity contribution in [3.8, 4) is 17.1 Å². The zero-order chi connectivity index (χ0) is 20.4. The predicted molar refractivity (Wildman–Crippen MR) is 112 cm³/mol. The fourth-order valence-electron chi connectivity index (χ4n) is 2.90. The van der Waals surface area contributed by atoms with Gasteiger partial charge in [-0.05, 0) is 49.4 Å². The van der Waals surface area contributed by atoms with Gasteiger partial charge < -0.3 is 0 Å². The van der Waals surface area contributed by atoms with E-state index in [1.54, 1.807) is 6.07 Å². The molecular formula is C22H16ClF2N3S. The normalized spacial score (nSPS) is 11.0. The standard InChI is InChI=1S/C22H16ClF2N3S/c1-14-6-9-17(10-7-14)28-21(18-4-2-3-5-19(18)23)26-27-22(28)29-13-15-12-16(24)8-11-20(15)25/h2-12H,13H2,1H3. The Morgan fingerprint density at radius 3 is 2.48 bits per heavy atom. The fourth-order valence-corrected chi connectivity index (χ4v) is 4.05. The molecule has 146 valence electrons. The molecule has 1 heterocycles. The number of thioether (sulfide) groups is 1. The summed E-state index contributed by atoms with van der Waals surface area (Å²) in [7, 11) is 0. The summed E-state index contributed by atoms with van der Waals surface area (Å²) in [5.74, 6) is -0.122. The van der Waals surface area contributed by atoms with E-state index in [0.717, 1.165) is 28.9 Å². The highest BCUT2D eigenvalue weighted by atomic mass is 35.5. The van der Waals surface area contributed by atoms with Gasteiger partial charge in [0.25, 0.3) is 0 Å². The van der Waals surface area contributed by atoms with Crippen molar-refractivity contribution in [1.29, 1.82) is 0 Å². The summed E-state index contributed by atoms with van der Waals surface area (Å²) < 4.78 is 29.4. The maximum Gasteiger partial charge on any atom is 0.196 e. The average molecular weight is 428 g/mol. The lowest BCUT2D eigenvalue weighted by atomic mass is 10.2. The zero-order valence-corrected chi connectivity index (χ0v) is 17.0. The Morgan fingerprint density at radius 2 is 1.72 bits per heavy atom. The van der Waals surface area contributed by atoms with Crippen molar-refractivity contribution in [3.05, 3.63) is 94.5 Å². The Hall–Kier alpha value is -2.70. The van der Waals surface area contributed by atoms with Crippen LogP contribution in [0.25, 0.3) is 17.1 Å². The molecular weight excluding hydrogens is 412 g/mol. The van der Waals surface area contributed by atoms with E-state index in [1.807, 2.05) is 54.0 Å². The van der Waals surface area contributed by atoms with Crippen LogP contribution in [0.1, 0.15) is 11.1 Å². The van der Waals surface area contributed by atoms with Gasteiger partial charge in [-0.2, -0.15) is 0 Å². The van der Waals surface area contributed by atoms with E-state index in [4.69, 9.17) is 11.6 Å². The molecule has 0 unspecified atom stereocenters. The van der Waals surface area contributed by atoms with Gasteiger partial charge in [-0.25, -0.2) is 8.78 Å². The van der Waals surface area contributed by atoms with E-state index in [1.165, 1.54) is 17.8 Å². The Labute approximate surface area is 176 Å². The lowest BCUT2D eigenvalue weighted by Gasteiger charge is -2.12. The Bertz CT molecular complexity index is 1160. The van der Waals surface area contributed by atoms with Crippen molar-refractivity contribution in [3.63, 3.8) is 0 Å². The van der Waals surface area contributed by atoms with Crippen LogP contribution in [0, 0.1) is 18.6 Å². The van der Waals surface area contributed by atoms with E-state index in [9.17, 15) is 8.78 Å². The summed E-state index contributed by atoms with van der Waals surface area (Å²) in [4.78, 5) is 0. The second-order valence-corrected chi connectivity index (χ2v) is 7.83. The Balaban J connectivity index is 1.77. The molecule has 0 fully saturated rings. The average Bonchev–Trinajstić information content (AvgIpc) is 3.13. The highest BCUT2D eigenvalue weighted by Gasteiger charge is 2.18. The topological polar surface area (TPSA) is 30.7 Å². The monoisotopic (exact) mass is 427 g/mol. The summed E-state index contributed by atoms with van der Waals surface area (Å²) in [6.45, 7) is 2.01. The molecule has 3 nitrogen and oxygen atoms in total. The summed E-state index contributed by atoms with van der Waals surface area (Å²) in [5, 5.41) is 9.76. The summed E-state index contributed by atoms with van der Waals surface area (Å²) in [5.41, 5.74) is 2.99. The van der Waals surface area contributed by atoms with Crippen LogP contribution in [0.4, 0.5) is 8.78 Å². The minimum absolute atomic E-state index is 0.218. The SMILES string of the molecule is Cc1ccc(-n2c(SCc3cc(F)ccc3F)nnc2-c2ccccc2Cl)cc1. The first kappa shape index (κ1) is 19.6. The molecule has 7 heteroatoms. The molecule has 0 bridgehead atoms. The van der Waals surface area contributed by atoms with Crippen LogP contribution in [0.2, 0.25) is 5.02 Å². The van der Waals surface area contributed by atoms with Crippen molar-refractivity contribution in [2.45, 2.75) is 17.8 Å². The van der Waals surface area contributed by atoms with Crippen molar-refractivity contribution >= 4 is 23.4 Å². The molecule has 0 aliphatic carbocycles. The lowest BCUT2D eigenvalue weighted by molar-refractivity contribution is 0.591. The van der Waals surface area contributed by atoms with E-state index < -0.39 is 11.6 Å². The third-order valence-corrected chi connectivity index (χ3v) is 5.71. The number of aromatic nitrogens is 3. The number of rotatable bonds is 5. The summed E-state index contributed by atoms with van der Waals surface area (Å²) in [6.07, 6.45) is 0. The molecule has 0 saturated carbocycles. The Kier molecular flexibility index (Phi) is 5.65. The van der Waals surface area contributed by atoms with Crippen molar-refractivity contribution < 1.29 is 8.78 Å². The fraction of sp³-hybridized carbons (Fsp3) is 0.0909. The molecule has 29 heavy (non-hydrogen) atoms. The van der Waals surface area contributed by atoms with Crippen molar-refractivity contribution in [2.75, 3.05) is 0 Å². The van der Waals surface area contributed by atoms with Crippen LogP contribution < -0.4 is 0 Å². The number of halogens is 3. The third kappa shape index (κ3) is 4.18.